The van der Waals surface area contributed by atoms with Crippen molar-refractivity contribution in [3.05, 3.63) is 17.0 Å². The lowest BCUT2D eigenvalue weighted by molar-refractivity contribution is 0.418. The molecule has 0 aliphatic carbocycles. The second kappa shape index (κ2) is 4.41. The molecule has 4 nitrogen and oxygen atoms in total. The normalized spacial score (nSPS) is 11.1. The second-order valence-electron chi connectivity index (χ2n) is 4.24. The van der Waals surface area contributed by atoms with E-state index < -0.39 is 0 Å². The molecular weight excluding hydrogens is 234 g/mol. The number of methoxy groups -OCH3 is 1. The van der Waals surface area contributed by atoms with Gasteiger partial charge in [-0.15, -0.1) is 11.3 Å². The molecule has 0 fully saturated rings. The average molecular weight is 251 g/mol. The largest absolute Gasteiger partial charge is 0.495 e. The Morgan fingerprint density at radius 2 is 2.18 bits per heavy atom. The van der Waals surface area contributed by atoms with E-state index in [-0.39, 0.29) is 0 Å². The Morgan fingerprint density at radius 1 is 1.47 bits per heavy atom. The minimum Gasteiger partial charge on any atom is -0.495 e. The van der Waals surface area contributed by atoms with E-state index in [1.165, 1.54) is 0 Å². The predicted molar refractivity (Wildman–Crippen MR) is 71.6 cm³/mol. The summed E-state index contributed by atoms with van der Waals surface area (Å²) in [5.41, 5.74) is 8.09. The van der Waals surface area contributed by atoms with Gasteiger partial charge in [0.05, 0.1) is 12.0 Å². The van der Waals surface area contributed by atoms with Gasteiger partial charge in [0.15, 0.2) is 0 Å². The molecule has 2 N–H and O–H groups in total. The third kappa shape index (κ3) is 1.91. The number of nitrogens with zero attached hydrogens (tertiary/aromatic N) is 2. The van der Waals surface area contributed by atoms with E-state index in [1.54, 1.807) is 23.1 Å². The van der Waals surface area contributed by atoms with Gasteiger partial charge in [-0.2, -0.15) is 5.10 Å². The molecule has 0 radical (unpaired) electrons. The first kappa shape index (κ1) is 12.0. The Balaban J connectivity index is 2.63. The molecule has 0 bridgehead atoms. The number of thiophene rings is 1. The molecule has 2 aromatic heterocycles. The van der Waals surface area contributed by atoms with Gasteiger partial charge in [0, 0.05) is 12.6 Å². The molecule has 0 aromatic carbocycles. The maximum Gasteiger partial charge on any atom is 0.139 e. The molecule has 17 heavy (non-hydrogen) atoms. The van der Waals surface area contributed by atoms with Gasteiger partial charge in [-0.05, 0) is 17.4 Å². The molecule has 0 saturated carbocycles. The van der Waals surface area contributed by atoms with E-state index in [2.05, 4.69) is 18.9 Å². The predicted octanol–water partition coefficient (Wildman–Crippen LogP) is 2.86. The first-order valence-electron chi connectivity index (χ1n) is 5.50. The minimum absolute atomic E-state index is 0.338. The summed E-state index contributed by atoms with van der Waals surface area (Å²) in [6.07, 6.45) is 0. The third-order valence-corrected chi connectivity index (χ3v) is 3.67. The van der Waals surface area contributed by atoms with E-state index in [4.69, 9.17) is 10.5 Å². The molecule has 0 aliphatic rings. The number of ether oxygens (including phenoxy) is 1. The van der Waals surface area contributed by atoms with Crippen LogP contribution in [0.4, 0.5) is 5.82 Å². The van der Waals surface area contributed by atoms with Crippen LogP contribution in [-0.2, 0) is 7.05 Å². The zero-order chi connectivity index (χ0) is 12.6. The van der Waals surface area contributed by atoms with Crippen LogP contribution < -0.4 is 10.5 Å². The van der Waals surface area contributed by atoms with Crippen molar-refractivity contribution < 1.29 is 4.74 Å². The zero-order valence-electron chi connectivity index (χ0n) is 10.5. The third-order valence-electron chi connectivity index (χ3n) is 2.77. The molecule has 0 unspecified atom stereocenters. The molecule has 0 amide bonds. The highest BCUT2D eigenvalue weighted by Crippen LogP contribution is 2.40. The van der Waals surface area contributed by atoms with Gasteiger partial charge in [-0.3, -0.25) is 4.68 Å². The van der Waals surface area contributed by atoms with Crippen molar-refractivity contribution in [1.29, 1.82) is 0 Å². The van der Waals surface area contributed by atoms with Gasteiger partial charge in [0.25, 0.3) is 0 Å². The Hall–Kier alpha value is -1.49. The highest BCUT2D eigenvalue weighted by molar-refractivity contribution is 7.14. The average Bonchev–Trinajstić information content (AvgIpc) is 2.84. The minimum atomic E-state index is 0.338. The van der Waals surface area contributed by atoms with Crippen LogP contribution >= 0.6 is 11.3 Å². The van der Waals surface area contributed by atoms with Crippen LogP contribution in [-0.4, -0.2) is 16.9 Å². The molecule has 5 heteroatoms. The Labute approximate surface area is 105 Å². The van der Waals surface area contributed by atoms with Crippen molar-refractivity contribution in [2.45, 2.75) is 19.8 Å². The topological polar surface area (TPSA) is 53.1 Å². The fourth-order valence-corrected chi connectivity index (χ4v) is 2.78. The van der Waals surface area contributed by atoms with E-state index in [0.717, 1.165) is 27.7 Å². The summed E-state index contributed by atoms with van der Waals surface area (Å²) in [7, 11) is 3.54. The van der Waals surface area contributed by atoms with Crippen molar-refractivity contribution in [2.24, 2.45) is 7.05 Å². The number of aromatic nitrogens is 2. The van der Waals surface area contributed by atoms with Gasteiger partial charge in [0.1, 0.15) is 17.3 Å². The summed E-state index contributed by atoms with van der Waals surface area (Å²) in [6.45, 7) is 4.24. The molecule has 0 spiro atoms. The lowest BCUT2D eigenvalue weighted by atomic mass is 10.0. The maximum absolute atomic E-state index is 6.07. The van der Waals surface area contributed by atoms with Gasteiger partial charge in [-0.1, -0.05) is 13.8 Å². The number of aryl methyl sites for hydroxylation is 1. The van der Waals surface area contributed by atoms with E-state index in [1.807, 2.05) is 18.5 Å². The van der Waals surface area contributed by atoms with Crippen molar-refractivity contribution in [1.82, 2.24) is 9.78 Å². The monoisotopic (exact) mass is 251 g/mol. The first-order valence-corrected chi connectivity index (χ1v) is 6.38. The van der Waals surface area contributed by atoms with Crippen LogP contribution in [0.2, 0.25) is 0 Å². The molecule has 0 aliphatic heterocycles. The molecule has 2 aromatic rings. The Bertz CT molecular complexity index is 528. The van der Waals surface area contributed by atoms with Gasteiger partial charge < -0.3 is 10.5 Å². The van der Waals surface area contributed by atoms with Crippen molar-refractivity contribution in [2.75, 3.05) is 12.8 Å². The standard InChI is InChI=1S/C12H17N3OS/c1-7(2)9-10(14-15(3)12(9)13)11-8(16-4)5-6-17-11/h5-7H,13H2,1-4H3. The van der Waals surface area contributed by atoms with Crippen LogP contribution in [0, 0.1) is 0 Å². The number of nitrogens with two attached hydrogens (primary N) is 1. The van der Waals surface area contributed by atoms with Crippen LogP contribution in [0.25, 0.3) is 10.6 Å². The molecule has 0 atom stereocenters. The van der Waals surface area contributed by atoms with Crippen LogP contribution in [0.5, 0.6) is 5.75 Å². The molecular formula is C12H17N3OS. The summed E-state index contributed by atoms with van der Waals surface area (Å²) >= 11 is 1.62. The van der Waals surface area contributed by atoms with Gasteiger partial charge >= 0.3 is 0 Å². The molecule has 92 valence electrons. The summed E-state index contributed by atoms with van der Waals surface area (Å²) in [5, 5.41) is 6.51. The lowest BCUT2D eigenvalue weighted by Gasteiger charge is -2.07. The van der Waals surface area contributed by atoms with Crippen LogP contribution in [0.3, 0.4) is 0 Å². The quantitative estimate of drug-likeness (QED) is 0.912. The second-order valence-corrected chi connectivity index (χ2v) is 5.16. The van der Waals surface area contributed by atoms with E-state index in [9.17, 15) is 0 Å². The Kier molecular flexibility index (Phi) is 3.11. The molecule has 2 rings (SSSR count). The summed E-state index contributed by atoms with van der Waals surface area (Å²) in [5.74, 6) is 1.92. The fourth-order valence-electron chi connectivity index (χ4n) is 1.92. The highest BCUT2D eigenvalue weighted by Gasteiger charge is 2.21. The zero-order valence-corrected chi connectivity index (χ0v) is 11.3. The Morgan fingerprint density at radius 3 is 2.76 bits per heavy atom. The maximum atomic E-state index is 6.07. The van der Waals surface area contributed by atoms with E-state index in [0.29, 0.717) is 5.92 Å². The fraction of sp³-hybridized carbons (Fsp3) is 0.417. The summed E-state index contributed by atoms with van der Waals surface area (Å²) in [4.78, 5) is 1.04. The first-order chi connectivity index (χ1) is 8.06. The van der Waals surface area contributed by atoms with Gasteiger partial charge in [0.2, 0.25) is 0 Å². The number of anilines is 1. The van der Waals surface area contributed by atoms with Gasteiger partial charge in [-0.25, -0.2) is 0 Å². The number of rotatable bonds is 3. The van der Waals surface area contributed by atoms with Crippen molar-refractivity contribution >= 4 is 17.2 Å². The number of hydrogen-bond donors (Lipinski definition) is 1. The number of nitrogen functional groups attached to an aromatic ring is 1. The summed E-state index contributed by atoms with van der Waals surface area (Å²) in [6, 6.07) is 1.95. The SMILES string of the molecule is COc1ccsc1-c1nn(C)c(N)c1C(C)C. The lowest BCUT2D eigenvalue weighted by Crippen LogP contribution is -2.00. The van der Waals surface area contributed by atoms with E-state index >= 15 is 0 Å². The molecule has 2 heterocycles. The van der Waals surface area contributed by atoms with Crippen molar-refractivity contribution in [3.63, 3.8) is 0 Å². The number of hydrogen-bond acceptors (Lipinski definition) is 4. The van der Waals surface area contributed by atoms with Crippen molar-refractivity contribution in [3.8, 4) is 16.3 Å². The smallest absolute Gasteiger partial charge is 0.139 e. The molecule has 0 saturated heterocycles. The highest BCUT2D eigenvalue weighted by atomic mass is 32.1. The summed E-state index contributed by atoms with van der Waals surface area (Å²) < 4.78 is 7.07. The van der Waals surface area contributed by atoms with Crippen LogP contribution in [0.1, 0.15) is 25.3 Å². The van der Waals surface area contributed by atoms with Crippen LogP contribution in [0.15, 0.2) is 11.4 Å².